The van der Waals surface area contributed by atoms with Crippen LogP contribution in [0.5, 0.6) is 0 Å². The van der Waals surface area contributed by atoms with E-state index in [2.05, 4.69) is 0 Å². The second kappa shape index (κ2) is 5.00. The number of likely N-dealkylation sites (tertiary alicyclic amines) is 1. The van der Waals surface area contributed by atoms with Gasteiger partial charge in [0.15, 0.2) is 0 Å². The van der Waals surface area contributed by atoms with Crippen LogP contribution in [-0.4, -0.2) is 36.2 Å². The zero-order valence-electron chi connectivity index (χ0n) is 9.06. The van der Waals surface area contributed by atoms with Crippen LogP contribution in [0.2, 0.25) is 0 Å². The Bertz CT molecular complexity index is 252. The summed E-state index contributed by atoms with van der Waals surface area (Å²) in [4.78, 5) is 23.4. The molecule has 1 aliphatic heterocycles. The van der Waals surface area contributed by atoms with Gasteiger partial charge in [-0.3, -0.25) is 4.90 Å². The summed E-state index contributed by atoms with van der Waals surface area (Å²) in [6.07, 6.45) is 0.601. The quantitative estimate of drug-likeness (QED) is 0.709. The summed E-state index contributed by atoms with van der Waals surface area (Å²) in [6, 6.07) is -0.815. The molecule has 0 aromatic carbocycles. The standard InChI is InChI=1S/C10H16NO4/c1-7(2)6-15-10(14)11-5-3-4-8(11)9(12)13/h7-8H,3-6H2,1-2H3. The summed E-state index contributed by atoms with van der Waals surface area (Å²) in [5, 5.41) is 10.7. The predicted octanol–water partition coefficient (Wildman–Crippen LogP) is 1.20. The number of carbonyl (C=O) groups excluding carboxylic acids is 2. The summed E-state index contributed by atoms with van der Waals surface area (Å²) in [5.74, 6) is -0.952. The maximum Gasteiger partial charge on any atom is 0.410 e. The minimum atomic E-state index is -1.20. The smallest absolute Gasteiger partial charge is 0.410 e. The highest BCUT2D eigenvalue weighted by Crippen LogP contribution is 2.18. The largest absolute Gasteiger partial charge is 0.449 e. The normalized spacial score (nSPS) is 20.7. The molecule has 0 bridgehead atoms. The molecule has 1 atom stereocenters. The van der Waals surface area contributed by atoms with Crippen LogP contribution in [0.25, 0.3) is 0 Å². The lowest BCUT2D eigenvalue weighted by Crippen LogP contribution is -2.40. The first-order chi connectivity index (χ1) is 7.02. The van der Waals surface area contributed by atoms with E-state index in [9.17, 15) is 14.7 Å². The topological polar surface area (TPSA) is 66.5 Å². The van der Waals surface area contributed by atoms with Crippen LogP contribution in [0, 0.1) is 5.92 Å². The molecule has 15 heavy (non-hydrogen) atoms. The molecule has 0 N–H and O–H groups in total. The molecule has 5 nitrogen and oxygen atoms in total. The van der Waals surface area contributed by atoms with Crippen LogP contribution in [0.3, 0.4) is 0 Å². The monoisotopic (exact) mass is 214 g/mol. The van der Waals surface area contributed by atoms with E-state index in [1.54, 1.807) is 0 Å². The molecule has 1 saturated heterocycles. The Morgan fingerprint density at radius 1 is 1.47 bits per heavy atom. The van der Waals surface area contributed by atoms with E-state index < -0.39 is 18.1 Å². The van der Waals surface area contributed by atoms with Crippen molar-refractivity contribution < 1.29 is 19.4 Å². The second-order valence-corrected chi connectivity index (χ2v) is 4.14. The number of hydrogen-bond donors (Lipinski definition) is 0. The minimum absolute atomic E-state index is 0.248. The van der Waals surface area contributed by atoms with Crippen LogP contribution >= 0.6 is 0 Å². The van der Waals surface area contributed by atoms with E-state index in [0.717, 1.165) is 0 Å². The van der Waals surface area contributed by atoms with Gasteiger partial charge in [0.1, 0.15) is 6.04 Å². The third kappa shape index (κ3) is 3.11. The van der Waals surface area contributed by atoms with Gasteiger partial charge in [-0.1, -0.05) is 13.8 Å². The molecule has 1 aliphatic rings. The zero-order chi connectivity index (χ0) is 11.4. The second-order valence-electron chi connectivity index (χ2n) is 4.14. The van der Waals surface area contributed by atoms with E-state index in [-0.39, 0.29) is 5.92 Å². The van der Waals surface area contributed by atoms with E-state index in [1.165, 1.54) is 4.90 Å². The highest BCUT2D eigenvalue weighted by Gasteiger charge is 2.36. The molecular weight excluding hydrogens is 198 g/mol. The van der Waals surface area contributed by atoms with Gasteiger partial charge in [-0.2, -0.15) is 0 Å². The summed E-state index contributed by atoms with van der Waals surface area (Å²) < 4.78 is 4.96. The van der Waals surface area contributed by atoms with Crippen molar-refractivity contribution in [1.29, 1.82) is 0 Å². The maximum absolute atomic E-state index is 11.5. The molecule has 0 aliphatic carbocycles. The first-order valence-electron chi connectivity index (χ1n) is 5.16. The molecule has 1 fully saturated rings. The fraction of sp³-hybridized carbons (Fsp3) is 0.800. The van der Waals surface area contributed by atoms with E-state index in [4.69, 9.17) is 4.74 Å². The van der Waals surface area contributed by atoms with E-state index in [1.807, 2.05) is 13.8 Å². The molecule has 0 spiro atoms. The highest BCUT2D eigenvalue weighted by atomic mass is 16.6. The van der Waals surface area contributed by atoms with Gasteiger partial charge in [0.05, 0.1) is 6.61 Å². The highest BCUT2D eigenvalue weighted by molar-refractivity contribution is 5.80. The van der Waals surface area contributed by atoms with Crippen molar-refractivity contribution >= 4 is 12.1 Å². The van der Waals surface area contributed by atoms with Crippen molar-refractivity contribution in [3.05, 3.63) is 0 Å². The lowest BCUT2D eigenvalue weighted by atomic mass is 10.2. The summed E-state index contributed by atoms with van der Waals surface area (Å²) >= 11 is 0. The Hall–Kier alpha value is -1.26. The molecule has 1 heterocycles. The van der Waals surface area contributed by atoms with Gasteiger partial charge in [0, 0.05) is 6.54 Å². The van der Waals surface area contributed by atoms with Gasteiger partial charge in [-0.25, -0.2) is 14.7 Å². The van der Waals surface area contributed by atoms with Gasteiger partial charge in [0.25, 0.3) is 0 Å². The molecule has 0 aromatic rings. The van der Waals surface area contributed by atoms with Gasteiger partial charge in [-0.05, 0) is 18.8 Å². The summed E-state index contributed by atoms with van der Waals surface area (Å²) in [5.41, 5.74) is 0. The van der Waals surface area contributed by atoms with E-state index >= 15 is 0 Å². The predicted molar refractivity (Wildman–Crippen MR) is 51.6 cm³/mol. The fourth-order valence-electron chi connectivity index (χ4n) is 1.55. The van der Waals surface area contributed by atoms with Crippen molar-refractivity contribution in [2.24, 2.45) is 5.92 Å². The van der Waals surface area contributed by atoms with Crippen LogP contribution in [0.15, 0.2) is 0 Å². The Morgan fingerprint density at radius 2 is 2.13 bits per heavy atom. The van der Waals surface area contributed by atoms with Gasteiger partial charge in [0.2, 0.25) is 0 Å². The first-order valence-corrected chi connectivity index (χ1v) is 5.16. The average molecular weight is 214 g/mol. The van der Waals surface area contributed by atoms with Gasteiger partial charge >= 0.3 is 12.1 Å². The average Bonchev–Trinajstić information content (AvgIpc) is 2.62. The number of amides is 1. The van der Waals surface area contributed by atoms with Gasteiger partial charge in [-0.15, -0.1) is 0 Å². The molecule has 1 radical (unpaired) electrons. The molecule has 85 valence electrons. The van der Waals surface area contributed by atoms with Crippen LogP contribution in [0.4, 0.5) is 4.79 Å². The summed E-state index contributed by atoms with van der Waals surface area (Å²) in [7, 11) is 0. The van der Waals surface area contributed by atoms with Crippen LogP contribution < -0.4 is 0 Å². The van der Waals surface area contributed by atoms with Crippen LogP contribution in [0.1, 0.15) is 26.7 Å². The molecule has 1 amide bonds. The lowest BCUT2D eigenvalue weighted by Gasteiger charge is -2.20. The maximum atomic E-state index is 11.5. The van der Waals surface area contributed by atoms with Crippen molar-refractivity contribution in [3.63, 3.8) is 0 Å². The first kappa shape index (κ1) is 11.8. The number of hydrogen-bond acceptors (Lipinski definition) is 3. The Balaban J connectivity index is 2.47. The number of nitrogens with zero attached hydrogens (tertiary/aromatic N) is 1. The molecule has 5 heteroatoms. The Kier molecular flexibility index (Phi) is 3.94. The van der Waals surface area contributed by atoms with Crippen molar-refractivity contribution in [2.45, 2.75) is 32.7 Å². The number of ether oxygens (including phenoxy) is 1. The minimum Gasteiger partial charge on any atom is -0.449 e. The van der Waals surface area contributed by atoms with E-state index in [0.29, 0.717) is 26.0 Å². The molecule has 0 aromatic heterocycles. The van der Waals surface area contributed by atoms with Crippen molar-refractivity contribution in [1.82, 2.24) is 4.90 Å². The third-order valence-electron chi connectivity index (χ3n) is 2.30. The third-order valence-corrected chi connectivity index (χ3v) is 2.30. The SMILES string of the molecule is CC(C)COC(=O)N1CCCC1C([O])=O. The van der Waals surface area contributed by atoms with Gasteiger partial charge < -0.3 is 4.74 Å². The molecule has 1 rings (SSSR count). The Labute approximate surface area is 89.0 Å². The van der Waals surface area contributed by atoms with Crippen LogP contribution in [-0.2, 0) is 14.6 Å². The molecule has 1 unspecified atom stereocenters. The lowest BCUT2D eigenvalue weighted by molar-refractivity contribution is -0.148. The summed E-state index contributed by atoms with van der Waals surface area (Å²) in [6.45, 7) is 4.60. The molecule has 0 saturated carbocycles. The fourth-order valence-corrected chi connectivity index (χ4v) is 1.55. The Morgan fingerprint density at radius 3 is 2.67 bits per heavy atom. The molecular formula is C10H16NO4. The number of carbonyl (C=O) groups is 2. The van der Waals surface area contributed by atoms with Crippen molar-refractivity contribution in [3.8, 4) is 0 Å². The number of rotatable bonds is 3. The van der Waals surface area contributed by atoms with Crippen molar-refractivity contribution in [2.75, 3.05) is 13.2 Å². The zero-order valence-corrected chi connectivity index (χ0v) is 9.06.